The zero-order chi connectivity index (χ0) is 19.4. The summed E-state index contributed by atoms with van der Waals surface area (Å²) in [5, 5.41) is 4.54. The normalized spacial score (nSPS) is 17.3. The molecule has 1 fully saturated rings. The average molecular weight is 370 g/mol. The maximum atomic E-state index is 12.5. The number of aryl methyl sites for hydroxylation is 2. The highest BCUT2D eigenvalue weighted by Crippen LogP contribution is 2.26. The van der Waals surface area contributed by atoms with E-state index in [1.807, 2.05) is 47.0 Å². The van der Waals surface area contributed by atoms with Crippen molar-refractivity contribution >= 4 is 11.6 Å². The first kappa shape index (κ1) is 19.6. The van der Waals surface area contributed by atoms with E-state index < -0.39 is 0 Å². The molecule has 6 nitrogen and oxygen atoms in total. The van der Waals surface area contributed by atoms with Crippen molar-refractivity contribution in [2.45, 2.75) is 26.8 Å². The molecule has 0 spiro atoms. The Labute approximate surface area is 161 Å². The molecule has 1 saturated heterocycles. The zero-order valence-electron chi connectivity index (χ0n) is 16.8. The van der Waals surface area contributed by atoms with Gasteiger partial charge in [0.2, 0.25) is 5.91 Å². The number of amides is 1. The molecule has 0 bridgehead atoms. The van der Waals surface area contributed by atoms with Gasteiger partial charge in [-0.1, -0.05) is 18.2 Å². The minimum absolute atomic E-state index is 0.214. The molecule has 1 aromatic heterocycles. The number of benzene rings is 1. The number of hydrogen-bond acceptors (Lipinski definition) is 4. The first-order valence-electron chi connectivity index (χ1n) is 9.55. The number of ether oxygens (including phenoxy) is 1. The largest absolute Gasteiger partial charge is 0.383 e. The van der Waals surface area contributed by atoms with Crippen LogP contribution in [0.15, 0.2) is 30.3 Å². The number of hydrogen-bond donors (Lipinski definition) is 0. The van der Waals surface area contributed by atoms with Gasteiger partial charge in [-0.2, -0.15) is 5.10 Å². The fourth-order valence-electron chi connectivity index (χ4n) is 3.85. The Kier molecular flexibility index (Phi) is 6.29. The molecule has 0 radical (unpaired) electrons. The van der Waals surface area contributed by atoms with Crippen LogP contribution < -0.4 is 4.90 Å². The van der Waals surface area contributed by atoms with Gasteiger partial charge in [0.15, 0.2) is 0 Å². The highest BCUT2D eigenvalue weighted by molar-refractivity contribution is 5.95. The maximum absolute atomic E-state index is 12.5. The smallest absolute Gasteiger partial charge is 0.227 e. The van der Waals surface area contributed by atoms with Crippen LogP contribution >= 0.6 is 0 Å². The van der Waals surface area contributed by atoms with Crippen molar-refractivity contribution in [3.63, 3.8) is 0 Å². The van der Waals surface area contributed by atoms with Crippen molar-refractivity contribution in [2.24, 2.45) is 13.0 Å². The van der Waals surface area contributed by atoms with E-state index in [1.165, 1.54) is 11.3 Å². The standard InChI is InChI=1S/C21H30N4O2/c1-16-20(17(2)23(3)22-16)15-24(10-11-27-4)13-18-12-21(26)25(14-18)19-8-6-5-7-9-19/h5-9,18H,10-15H2,1-4H3/t18-/m0/s1. The van der Waals surface area contributed by atoms with E-state index in [2.05, 4.69) is 23.8 Å². The second-order valence-electron chi connectivity index (χ2n) is 7.41. The van der Waals surface area contributed by atoms with Crippen molar-refractivity contribution in [1.29, 1.82) is 0 Å². The number of carbonyl (C=O) groups excluding carboxylic acids is 1. The lowest BCUT2D eigenvalue weighted by Gasteiger charge is -2.25. The van der Waals surface area contributed by atoms with Crippen molar-refractivity contribution in [1.82, 2.24) is 14.7 Å². The highest BCUT2D eigenvalue weighted by atomic mass is 16.5. The third kappa shape index (κ3) is 4.57. The summed E-state index contributed by atoms with van der Waals surface area (Å²) in [4.78, 5) is 16.8. The van der Waals surface area contributed by atoms with Gasteiger partial charge in [0.05, 0.1) is 12.3 Å². The molecule has 146 valence electrons. The van der Waals surface area contributed by atoms with Crippen LogP contribution in [0.4, 0.5) is 5.69 Å². The summed E-state index contributed by atoms with van der Waals surface area (Å²) in [6, 6.07) is 9.95. The first-order valence-corrected chi connectivity index (χ1v) is 9.55. The third-order valence-electron chi connectivity index (χ3n) is 5.44. The molecule has 3 rings (SSSR count). The molecule has 1 amide bonds. The number of nitrogens with zero attached hydrogens (tertiary/aromatic N) is 4. The second-order valence-corrected chi connectivity index (χ2v) is 7.41. The number of anilines is 1. The topological polar surface area (TPSA) is 50.6 Å². The summed E-state index contributed by atoms with van der Waals surface area (Å²) in [5.41, 5.74) is 4.54. The van der Waals surface area contributed by atoms with Gasteiger partial charge < -0.3 is 9.64 Å². The fraction of sp³-hybridized carbons (Fsp3) is 0.524. The van der Waals surface area contributed by atoms with E-state index in [-0.39, 0.29) is 5.91 Å². The van der Waals surface area contributed by atoms with Crippen molar-refractivity contribution < 1.29 is 9.53 Å². The predicted molar refractivity (Wildman–Crippen MR) is 107 cm³/mol. The zero-order valence-corrected chi connectivity index (χ0v) is 16.8. The van der Waals surface area contributed by atoms with Crippen molar-refractivity contribution in [2.75, 3.05) is 38.3 Å². The van der Waals surface area contributed by atoms with Crippen LogP contribution in [-0.4, -0.2) is 53.9 Å². The van der Waals surface area contributed by atoms with E-state index in [0.717, 1.165) is 37.6 Å². The summed E-state index contributed by atoms with van der Waals surface area (Å²) in [6.45, 7) is 8.20. The third-order valence-corrected chi connectivity index (χ3v) is 5.44. The number of para-hydroxylation sites is 1. The van der Waals surface area contributed by atoms with E-state index in [4.69, 9.17) is 4.74 Å². The molecular weight excluding hydrogens is 340 g/mol. The van der Waals surface area contributed by atoms with Crippen LogP contribution in [0.5, 0.6) is 0 Å². The molecule has 1 atom stereocenters. The van der Waals surface area contributed by atoms with Gasteiger partial charge in [-0.15, -0.1) is 0 Å². The predicted octanol–water partition coefficient (Wildman–Crippen LogP) is 2.54. The molecule has 0 unspecified atom stereocenters. The molecular formula is C21H30N4O2. The fourth-order valence-corrected chi connectivity index (χ4v) is 3.85. The summed E-state index contributed by atoms with van der Waals surface area (Å²) >= 11 is 0. The van der Waals surface area contributed by atoms with Gasteiger partial charge in [-0.3, -0.25) is 14.4 Å². The quantitative estimate of drug-likeness (QED) is 0.717. The number of methoxy groups -OCH3 is 1. The Bertz CT molecular complexity index is 772. The molecule has 0 saturated carbocycles. The molecule has 2 heterocycles. The second kappa shape index (κ2) is 8.67. The SMILES string of the molecule is COCCN(Cc1c(C)nn(C)c1C)C[C@@H]1CC(=O)N(c2ccccc2)C1. The summed E-state index contributed by atoms with van der Waals surface area (Å²) in [6.07, 6.45) is 0.601. The van der Waals surface area contributed by atoms with E-state index >= 15 is 0 Å². The van der Waals surface area contributed by atoms with Crippen LogP contribution in [0.2, 0.25) is 0 Å². The van der Waals surface area contributed by atoms with Gasteiger partial charge in [0.25, 0.3) is 0 Å². The molecule has 1 aliphatic rings. The van der Waals surface area contributed by atoms with Crippen molar-refractivity contribution in [3.05, 3.63) is 47.3 Å². The summed E-state index contributed by atoms with van der Waals surface area (Å²) < 4.78 is 7.25. The minimum atomic E-state index is 0.214. The van der Waals surface area contributed by atoms with Crippen LogP contribution in [0, 0.1) is 19.8 Å². The minimum Gasteiger partial charge on any atom is -0.383 e. The van der Waals surface area contributed by atoms with Crippen molar-refractivity contribution in [3.8, 4) is 0 Å². The lowest BCUT2D eigenvalue weighted by atomic mass is 10.1. The Balaban J connectivity index is 1.68. The van der Waals surface area contributed by atoms with Gasteiger partial charge in [-0.05, 0) is 31.9 Å². The molecule has 0 aliphatic carbocycles. The van der Waals surface area contributed by atoms with Crippen LogP contribution in [0.1, 0.15) is 23.4 Å². The van der Waals surface area contributed by atoms with E-state index in [1.54, 1.807) is 7.11 Å². The summed E-state index contributed by atoms with van der Waals surface area (Å²) in [7, 11) is 3.72. The Morgan fingerprint density at radius 3 is 2.63 bits per heavy atom. The van der Waals surface area contributed by atoms with Gasteiger partial charge >= 0.3 is 0 Å². The number of carbonyl (C=O) groups is 1. The lowest BCUT2D eigenvalue weighted by Crippen LogP contribution is -2.33. The number of rotatable bonds is 8. The molecule has 6 heteroatoms. The lowest BCUT2D eigenvalue weighted by molar-refractivity contribution is -0.117. The molecule has 27 heavy (non-hydrogen) atoms. The molecule has 0 N–H and O–H groups in total. The van der Waals surface area contributed by atoms with Crippen LogP contribution in [-0.2, 0) is 23.1 Å². The Hall–Kier alpha value is -2.18. The molecule has 2 aromatic rings. The Morgan fingerprint density at radius 1 is 1.26 bits per heavy atom. The first-order chi connectivity index (χ1) is 13.0. The Morgan fingerprint density at radius 2 is 2.00 bits per heavy atom. The average Bonchev–Trinajstić information content (AvgIpc) is 3.14. The maximum Gasteiger partial charge on any atom is 0.227 e. The van der Waals surface area contributed by atoms with Gasteiger partial charge in [-0.25, -0.2) is 0 Å². The van der Waals surface area contributed by atoms with E-state index in [9.17, 15) is 4.79 Å². The van der Waals surface area contributed by atoms with E-state index in [0.29, 0.717) is 18.9 Å². The number of aromatic nitrogens is 2. The monoisotopic (exact) mass is 370 g/mol. The highest BCUT2D eigenvalue weighted by Gasteiger charge is 2.31. The van der Waals surface area contributed by atoms with Gasteiger partial charge in [0, 0.05) is 63.7 Å². The molecule has 1 aromatic carbocycles. The molecule has 1 aliphatic heterocycles. The summed E-state index contributed by atoms with van der Waals surface area (Å²) in [5.74, 6) is 0.540. The van der Waals surface area contributed by atoms with Gasteiger partial charge in [0.1, 0.15) is 0 Å². The van der Waals surface area contributed by atoms with Crippen LogP contribution in [0.25, 0.3) is 0 Å². The van der Waals surface area contributed by atoms with Crippen LogP contribution in [0.3, 0.4) is 0 Å².